The molecule has 0 unspecified atom stereocenters. The van der Waals surface area contributed by atoms with Crippen molar-refractivity contribution >= 4 is 17.0 Å². The summed E-state index contributed by atoms with van der Waals surface area (Å²) in [4.78, 5) is 19.4. The zero-order valence-corrected chi connectivity index (χ0v) is 16.0. The maximum absolute atomic E-state index is 12.8. The van der Waals surface area contributed by atoms with Crippen LogP contribution in [-0.2, 0) is 17.8 Å². The molecule has 1 heterocycles. The topological polar surface area (TPSA) is 46.3 Å². The van der Waals surface area contributed by atoms with Crippen LogP contribution in [0.15, 0.2) is 52.9 Å². The molecule has 1 saturated carbocycles. The van der Waals surface area contributed by atoms with Crippen LogP contribution in [0.2, 0.25) is 0 Å². The van der Waals surface area contributed by atoms with Crippen molar-refractivity contribution in [3.05, 3.63) is 65.5 Å². The number of para-hydroxylation sites is 2. The van der Waals surface area contributed by atoms with Gasteiger partial charge in [-0.1, -0.05) is 50.2 Å². The first-order chi connectivity index (χ1) is 13.1. The molecule has 0 N–H and O–H groups in total. The molecule has 3 aromatic rings. The summed E-state index contributed by atoms with van der Waals surface area (Å²) >= 11 is 0. The minimum absolute atomic E-state index is 0.188. The molecule has 0 bridgehead atoms. The maximum atomic E-state index is 12.8. The number of hydrogen-bond acceptors (Lipinski definition) is 3. The predicted octanol–water partition coefficient (Wildman–Crippen LogP) is 5.08. The average Bonchev–Trinajstić information content (AvgIpc) is 3.43. The van der Waals surface area contributed by atoms with Gasteiger partial charge in [-0.2, -0.15) is 0 Å². The van der Waals surface area contributed by atoms with Gasteiger partial charge < -0.3 is 9.32 Å². The molecular formula is C23H26N2O2. The van der Waals surface area contributed by atoms with Crippen molar-refractivity contribution in [3.63, 3.8) is 0 Å². The molecule has 1 aromatic heterocycles. The molecule has 4 rings (SSSR count). The number of oxazole rings is 1. The summed E-state index contributed by atoms with van der Waals surface area (Å²) in [5.41, 5.74) is 4.16. The second kappa shape index (κ2) is 7.55. The lowest BCUT2D eigenvalue weighted by Gasteiger charge is -2.22. The van der Waals surface area contributed by atoms with Gasteiger partial charge in [-0.15, -0.1) is 0 Å². The van der Waals surface area contributed by atoms with E-state index in [2.05, 4.69) is 43.1 Å². The number of nitrogens with zero attached hydrogens (tertiary/aromatic N) is 2. The molecule has 27 heavy (non-hydrogen) atoms. The molecule has 1 amide bonds. The number of benzene rings is 2. The first kappa shape index (κ1) is 17.8. The van der Waals surface area contributed by atoms with Crippen molar-refractivity contribution < 1.29 is 9.21 Å². The van der Waals surface area contributed by atoms with Crippen molar-refractivity contribution in [3.8, 4) is 0 Å². The third-order valence-electron chi connectivity index (χ3n) is 5.20. The lowest BCUT2D eigenvalue weighted by molar-refractivity contribution is -0.132. The van der Waals surface area contributed by atoms with Crippen LogP contribution >= 0.6 is 0 Å². The second-order valence-electron chi connectivity index (χ2n) is 7.72. The third kappa shape index (κ3) is 4.21. The number of rotatable bonds is 7. The van der Waals surface area contributed by atoms with E-state index in [0.29, 0.717) is 37.2 Å². The van der Waals surface area contributed by atoms with Crippen LogP contribution < -0.4 is 0 Å². The molecule has 1 aliphatic carbocycles. The molecule has 2 aromatic carbocycles. The van der Waals surface area contributed by atoms with Crippen molar-refractivity contribution in [2.24, 2.45) is 0 Å². The van der Waals surface area contributed by atoms with Gasteiger partial charge in [0, 0.05) is 25.4 Å². The van der Waals surface area contributed by atoms with Gasteiger partial charge in [0.1, 0.15) is 5.52 Å². The van der Waals surface area contributed by atoms with E-state index < -0.39 is 0 Å². The Labute approximate surface area is 160 Å². The minimum atomic E-state index is 0.188. The zero-order chi connectivity index (χ0) is 18.8. The maximum Gasteiger partial charge on any atom is 0.223 e. The fourth-order valence-corrected chi connectivity index (χ4v) is 3.40. The second-order valence-corrected chi connectivity index (χ2v) is 7.72. The van der Waals surface area contributed by atoms with Gasteiger partial charge in [0.2, 0.25) is 5.91 Å². The number of carbonyl (C=O) groups excluding carboxylic acids is 1. The first-order valence-electron chi connectivity index (χ1n) is 9.83. The SMILES string of the molecule is CC(C)c1ccc(CN(C(=O)CCc2nc3ccccc3o2)C2CC2)cc1. The van der Waals surface area contributed by atoms with Crippen molar-refractivity contribution in [2.45, 2.75) is 58.0 Å². The Hall–Kier alpha value is -2.62. The van der Waals surface area contributed by atoms with E-state index >= 15 is 0 Å². The molecule has 0 saturated heterocycles. The Morgan fingerprint density at radius 2 is 1.89 bits per heavy atom. The van der Waals surface area contributed by atoms with Crippen LogP contribution in [0.1, 0.15) is 56.0 Å². The number of carbonyl (C=O) groups is 1. The average molecular weight is 362 g/mol. The molecule has 1 fully saturated rings. The smallest absolute Gasteiger partial charge is 0.223 e. The summed E-state index contributed by atoms with van der Waals surface area (Å²) in [6, 6.07) is 16.8. The lowest BCUT2D eigenvalue weighted by Crippen LogP contribution is -2.32. The molecule has 0 atom stereocenters. The fraction of sp³-hybridized carbons (Fsp3) is 0.391. The number of amides is 1. The fourth-order valence-electron chi connectivity index (χ4n) is 3.40. The Kier molecular flexibility index (Phi) is 4.97. The standard InChI is InChI=1S/C23H26N2O2/c1-16(2)18-9-7-17(8-10-18)15-25(19-11-12-19)23(26)14-13-22-24-20-5-3-4-6-21(20)27-22/h3-10,16,19H,11-15H2,1-2H3. The highest BCUT2D eigenvalue weighted by Gasteiger charge is 2.32. The lowest BCUT2D eigenvalue weighted by atomic mass is 10.0. The monoisotopic (exact) mass is 362 g/mol. The number of hydrogen-bond donors (Lipinski definition) is 0. The zero-order valence-electron chi connectivity index (χ0n) is 16.0. The molecule has 140 valence electrons. The molecule has 4 heteroatoms. The van der Waals surface area contributed by atoms with Crippen LogP contribution in [0.3, 0.4) is 0 Å². The Morgan fingerprint density at radius 1 is 1.15 bits per heavy atom. The van der Waals surface area contributed by atoms with Gasteiger partial charge in [0.05, 0.1) is 0 Å². The Morgan fingerprint density at radius 3 is 2.56 bits per heavy atom. The quantitative estimate of drug-likeness (QED) is 0.589. The summed E-state index contributed by atoms with van der Waals surface area (Å²) in [5, 5.41) is 0. The number of aryl methyl sites for hydroxylation is 1. The van der Waals surface area contributed by atoms with E-state index in [1.54, 1.807) is 0 Å². The van der Waals surface area contributed by atoms with Crippen molar-refractivity contribution in [1.82, 2.24) is 9.88 Å². The van der Waals surface area contributed by atoms with Crippen molar-refractivity contribution in [1.29, 1.82) is 0 Å². The highest BCUT2D eigenvalue weighted by molar-refractivity contribution is 5.77. The molecule has 4 nitrogen and oxygen atoms in total. The Bertz CT molecular complexity index is 890. The van der Waals surface area contributed by atoms with Crippen LogP contribution in [0.4, 0.5) is 0 Å². The van der Waals surface area contributed by atoms with Crippen LogP contribution in [0.5, 0.6) is 0 Å². The summed E-state index contributed by atoms with van der Waals surface area (Å²) in [6.45, 7) is 5.08. The summed E-state index contributed by atoms with van der Waals surface area (Å²) < 4.78 is 5.75. The van der Waals surface area contributed by atoms with Gasteiger partial charge in [-0.3, -0.25) is 4.79 Å². The number of aromatic nitrogens is 1. The van der Waals surface area contributed by atoms with Gasteiger partial charge in [0.25, 0.3) is 0 Å². The van der Waals surface area contributed by atoms with Gasteiger partial charge in [-0.25, -0.2) is 4.98 Å². The molecule has 1 aliphatic rings. The first-order valence-corrected chi connectivity index (χ1v) is 9.83. The van der Waals surface area contributed by atoms with E-state index in [4.69, 9.17) is 4.42 Å². The van der Waals surface area contributed by atoms with Crippen LogP contribution in [0.25, 0.3) is 11.1 Å². The molecule has 0 radical (unpaired) electrons. The van der Waals surface area contributed by atoms with E-state index in [1.165, 1.54) is 11.1 Å². The predicted molar refractivity (Wildman–Crippen MR) is 106 cm³/mol. The minimum Gasteiger partial charge on any atom is -0.441 e. The van der Waals surface area contributed by atoms with Gasteiger partial charge in [-0.05, 0) is 42.0 Å². The number of fused-ring (bicyclic) bond motifs is 1. The van der Waals surface area contributed by atoms with Gasteiger partial charge >= 0.3 is 0 Å². The van der Waals surface area contributed by atoms with Crippen LogP contribution in [-0.4, -0.2) is 21.8 Å². The largest absolute Gasteiger partial charge is 0.441 e. The van der Waals surface area contributed by atoms with E-state index in [9.17, 15) is 4.79 Å². The highest BCUT2D eigenvalue weighted by Crippen LogP contribution is 2.29. The summed E-state index contributed by atoms with van der Waals surface area (Å²) in [5.74, 6) is 1.35. The highest BCUT2D eigenvalue weighted by atomic mass is 16.3. The third-order valence-corrected chi connectivity index (χ3v) is 5.20. The summed E-state index contributed by atoms with van der Waals surface area (Å²) in [7, 11) is 0. The van der Waals surface area contributed by atoms with E-state index in [-0.39, 0.29) is 5.91 Å². The van der Waals surface area contributed by atoms with E-state index in [0.717, 1.165) is 23.9 Å². The van der Waals surface area contributed by atoms with E-state index in [1.807, 2.05) is 29.2 Å². The van der Waals surface area contributed by atoms with Crippen molar-refractivity contribution in [2.75, 3.05) is 0 Å². The van der Waals surface area contributed by atoms with Gasteiger partial charge in [0.15, 0.2) is 11.5 Å². The molecule has 0 spiro atoms. The molecular weight excluding hydrogens is 336 g/mol. The summed E-state index contributed by atoms with van der Waals surface area (Å²) in [6.07, 6.45) is 3.20. The Balaban J connectivity index is 1.40. The van der Waals surface area contributed by atoms with Crippen LogP contribution in [0, 0.1) is 0 Å². The molecule has 0 aliphatic heterocycles. The normalized spacial score (nSPS) is 14.0.